The quantitative estimate of drug-likeness (QED) is 0.622. The number of aliphatic carboxylic acids is 1. The van der Waals surface area contributed by atoms with Crippen molar-refractivity contribution in [3.63, 3.8) is 0 Å². The second kappa shape index (κ2) is 11.9. The number of nitrogens with zero attached hydrogens (tertiary/aromatic N) is 2. The number of hydrogen-bond donors (Lipinski definition) is 3. The zero-order chi connectivity index (χ0) is 19.4. The van der Waals surface area contributed by atoms with E-state index in [1.807, 2.05) is 19.2 Å². The lowest BCUT2D eigenvalue weighted by Gasteiger charge is -2.16. The van der Waals surface area contributed by atoms with Gasteiger partial charge in [-0.25, -0.2) is 0 Å². The highest BCUT2D eigenvalue weighted by Crippen LogP contribution is 2.24. The Kier molecular flexibility index (Phi) is 9.78. The average molecular weight is 364 g/mol. The maximum atomic E-state index is 9.00. The Morgan fingerprint density at radius 1 is 1.27 bits per heavy atom. The number of anilines is 1. The van der Waals surface area contributed by atoms with Crippen LogP contribution in [0, 0.1) is 0 Å². The molecule has 0 radical (unpaired) electrons. The van der Waals surface area contributed by atoms with Crippen molar-refractivity contribution < 1.29 is 19.1 Å². The molecule has 1 unspecified atom stereocenters. The summed E-state index contributed by atoms with van der Waals surface area (Å²) in [6, 6.07) is 8.70. The first-order chi connectivity index (χ1) is 12.5. The first-order valence-electron chi connectivity index (χ1n) is 8.65. The van der Waals surface area contributed by atoms with Crippen LogP contribution in [0.25, 0.3) is 0 Å². The summed E-state index contributed by atoms with van der Waals surface area (Å²) in [6.45, 7) is 6.60. The third kappa shape index (κ3) is 7.98. The summed E-state index contributed by atoms with van der Waals surface area (Å²) in [4.78, 5) is 9.00. The molecule has 26 heavy (non-hydrogen) atoms. The smallest absolute Gasteiger partial charge is 0.315 e. The second-order valence-electron chi connectivity index (χ2n) is 5.57. The number of benzene rings is 1. The highest BCUT2D eigenvalue weighted by molar-refractivity contribution is 5.62. The zero-order valence-corrected chi connectivity index (χ0v) is 15.8. The van der Waals surface area contributed by atoms with Gasteiger partial charge in [0.15, 0.2) is 0 Å². The largest absolute Gasteiger partial charge is 0.494 e. The van der Waals surface area contributed by atoms with E-state index in [1.54, 1.807) is 0 Å². The first kappa shape index (κ1) is 21.4. The SMILES string of the molecule is CC(=O)O.CCCOc1ccc(C(CC)Nc2nnc(CNC)o2)cc1. The van der Waals surface area contributed by atoms with Gasteiger partial charge in [0, 0.05) is 6.92 Å². The van der Waals surface area contributed by atoms with Gasteiger partial charge in [0.25, 0.3) is 5.97 Å². The molecule has 0 saturated heterocycles. The summed E-state index contributed by atoms with van der Waals surface area (Å²) in [5, 5.41) is 21.7. The number of carbonyl (C=O) groups is 1. The number of rotatable bonds is 9. The average Bonchev–Trinajstić information content (AvgIpc) is 3.05. The molecule has 0 aliphatic heterocycles. The minimum atomic E-state index is -0.833. The predicted octanol–water partition coefficient (Wildman–Crippen LogP) is 3.23. The second-order valence-corrected chi connectivity index (χ2v) is 5.57. The van der Waals surface area contributed by atoms with Gasteiger partial charge >= 0.3 is 6.01 Å². The molecule has 3 N–H and O–H groups in total. The molecule has 0 amide bonds. The van der Waals surface area contributed by atoms with Crippen LogP contribution in [-0.2, 0) is 11.3 Å². The van der Waals surface area contributed by atoms with Crippen molar-refractivity contribution in [1.29, 1.82) is 0 Å². The van der Waals surface area contributed by atoms with Gasteiger partial charge in [0.2, 0.25) is 5.89 Å². The van der Waals surface area contributed by atoms with Crippen molar-refractivity contribution >= 4 is 12.0 Å². The van der Waals surface area contributed by atoms with Crippen molar-refractivity contribution in [2.24, 2.45) is 0 Å². The van der Waals surface area contributed by atoms with Crippen LogP contribution in [0.2, 0.25) is 0 Å². The van der Waals surface area contributed by atoms with Gasteiger partial charge < -0.3 is 24.9 Å². The maximum absolute atomic E-state index is 9.00. The van der Waals surface area contributed by atoms with Crippen LogP contribution in [0.4, 0.5) is 6.01 Å². The number of carboxylic acid groups (broad SMARTS) is 1. The van der Waals surface area contributed by atoms with Crippen molar-refractivity contribution in [2.45, 2.75) is 46.2 Å². The van der Waals surface area contributed by atoms with E-state index in [0.29, 0.717) is 18.5 Å². The molecule has 8 heteroatoms. The Morgan fingerprint density at radius 2 is 1.92 bits per heavy atom. The lowest BCUT2D eigenvalue weighted by atomic mass is 10.0. The van der Waals surface area contributed by atoms with Gasteiger partial charge in [0.1, 0.15) is 5.75 Å². The highest BCUT2D eigenvalue weighted by Gasteiger charge is 2.13. The number of carboxylic acids is 1. The van der Waals surface area contributed by atoms with Gasteiger partial charge in [0.05, 0.1) is 19.2 Å². The highest BCUT2D eigenvalue weighted by atomic mass is 16.5. The Morgan fingerprint density at radius 3 is 2.46 bits per heavy atom. The van der Waals surface area contributed by atoms with E-state index in [-0.39, 0.29) is 6.04 Å². The summed E-state index contributed by atoms with van der Waals surface area (Å²) >= 11 is 0. The molecular formula is C18H28N4O4. The van der Waals surface area contributed by atoms with Crippen LogP contribution in [0.1, 0.15) is 51.1 Å². The molecule has 0 spiro atoms. The van der Waals surface area contributed by atoms with Crippen molar-refractivity contribution in [3.05, 3.63) is 35.7 Å². The van der Waals surface area contributed by atoms with Gasteiger partial charge in [-0.15, -0.1) is 5.10 Å². The Bertz CT molecular complexity index is 639. The number of hydrogen-bond acceptors (Lipinski definition) is 7. The summed E-state index contributed by atoms with van der Waals surface area (Å²) < 4.78 is 11.1. The molecule has 1 aromatic heterocycles. The van der Waals surface area contributed by atoms with E-state index < -0.39 is 5.97 Å². The van der Waals surface area contributed by atoms with E-state index >= 15 is 0 Å². The zero-order valence-electron chi connectivity index (χ0n) is 15.8. The molecule has 0 fully saturated rings. The molecule has 0 saturated carbocycles. The fourth-order valence-corrected chi connectivity index (χ4v) is 2.12. The molecule has 0 aliphatic carbocycles. The van der Waals surface area contributed by atoms with E-state index in [2.05, 4.69) is 46.8 Å². The summed E-state index contributed by atoms with van der Waals surface area (Å²) in [5.74, 6) is 0.637. The van der Waals surface area contributed by atoms with Crippen LogP contribution >= 0.6 is 0 Å². The Labute approximate surface area is 154 Å². The third-order valence-corrected chi connectivity index (χ3v) is 3.26. The summed E-state index contributed by atoms with van der Waals surface area (Å²) in [6.07, 6.45) is 1.92. The predicted molar refractivity (Wildman–Crippen MR) is 99.3 cm³/mol. The molecule has 1 atom stereocenters. The standard InChI is InChI=1S/C16H24N4O2.C2H4O2/c1-4-10-21-13-8-6-12(7-9-13)14(5-2)18-16-20-19-15(22-16)11-17-3;1-2(3)4/h6-9,14,17H,4-5,10-11H2,1-3H3,(H,18,20);1H3,(H,3,4). The molecule has 2 rings (SSSR count). The Hall–Kier alpha value is -2.61. The van der Waals surface area contributed by atoms with Crippen LogP contribution in [0.3, 0.4) is 0 Å². The van der Waals surface area contributed by atoms with E-state index in [1.165, 1.54) is 5.56 Å². The molecule has 8 nitrogen and oxygen atoms in total. The van der Waals surface area contributed by atoms with Crippen molar-refractivity contribution in [3.8, 4) is 5.75 Å². The van der Waals surface area contributed by atoms with Crippen LogP contribution in [-0.4, -0.2) is 34.9 Å². The molecule has 144 valence electrons. The Balaban J connectivity index is 0.000000765. The monoisotopic (exact) mass is 364 g/mol. The fraction of sp³-hybridized carbons (Fsp3) is 0.500. The van der Waals surface area contributed by atoms with Gasteiger partial charge in [-0.05, 0) is 37.6 Å². The number of aromatic nitrogens is 2. The minimum Gasteiger partial charge on any atom is -0.494 e. The topological polar surface area (TPSA) is 110 Å². The fourth-order valence-electron chi connectivity index (χ4n) is 2.12. The van der Waals surface area contributed by atoms with E-state index in [9.17, 15) is 0 Å². The minimum absolute atomic E-state index is 0.128. The normalized spacial score (nSPS) is 11.2. The molecule has 0 aliphatic rings. The van der Waals surface area contributed by atoms with Gasteiger partial charge in [-0.2, -0.15) is 0 Å². The first-order valence-corrected chi connectivity index (χ1v) is 8.65. The van der Waals surface area contributed by atoms with E-state index in [4.69, 9.17) is 19.1 Å². The molecule has 1 aromatic carbocycles. The molecule has 1 heterocycles. The van der Waals surface area contributed by atoms with Crippen molar-refractivity contribution in [1.82, 2.24) is 15.5 Å². The van der Waals surface area contributed by atoms with E-state index in [0.717, 1.165) is 32.1 Å². The third-order valence-electron chi connectivity index (χ3n) is 3.26. The maximum Gasteiger partial charge on any atom is 0.315 e. The van der Waals surface area contributed by atoms with Crippen molar-refractivity contribution in [2.75, 3.05) is 19.0 Å². The molecule has 0 bridgehead atoms. The summed E-state index contributed by atoms with van der Waals surface area (Å²) in [7, 11) is 1.84. The van der Waals surface area contributed by atoms with Crippen LogP contribution < -0.4 is 15.4 Å². The lowest BCUT2D eigenvalue weighted by molar-refractivity contribution is -0.134. The summed E-state index contributed by atoms with van der Waals surface area (Å²) in [5.41, 5.74) is 1.17. The van der Waals surface area contributed by atoms with Crippen LogP contribution in [0.15, 0.2) is 28.7 Å². The molecule has 2 aromatic rings. The van der Waals surface area contributed by atoms with Gasteiger partial charge in [-0.1, -0.05) is 31.1 Å². The van der Waals surface area contributed by atoms with Gasteiger partial charge in [-0.3, -0.25) is 4.79 Å². The van der Waals surface area contributed by atoms with Crippen LogP contribution in [0.5, 0.6) is 5.75 Å². The lowest BCUT2D eigenvalue weighted by Crippen LogP contribution is -2.10. The molecular weight excluding hydrogens is 336 g/mol. The number of ether oxygens (including phenoxy) is 1. The number of nitrogens with one attached hydrogen (secondary N) is 2.